The Morgan fingerprint density at radius 1 is 1.23 bits per heavy atom. The number of hydrogen-bond donors (Lipinski definition) is 2. The van der Waals surface area contributed by atoms with Crippen LogP contribution < -0.4 is 10.5 Å². The van der Waals surface area contributed by atoms with Crippen molar-refractivity contribution in [3.8, 4) is 5.75 Å². The van der Waals surface area contributed by atoms with Crippen LogP contribution in [0, 0.1) is 0 Å². The van der Waals surface area contributed by atoms with Crippen LogP contribution in [-0.2, 0) is 0 Å². The first-order valence-corrected chi connectivity index (χ1v) is 7.15. The van der Waals surface area contributed by atoms with E-state index in [0.29, 0.717) is 12.4 Å². The van der Waals surface area contributed by atoms with Crippen molar-refractivity contribution in [3.05, 3.63) is 23.8 Å². The summed E-state index contributed by atoms with van der Waals surface area (Å²) in [4.78, 5) is 13.4. The summed E-state index contributed by atoms with van der Waals surface area (Å²) in [6.07, 6.45) is 4.88. The van der Waals surface area contributed by atoms with Gasteiger partial charge in [-0.3, -0.25) is 0 Å². The summed E-state index contributed by atoms with van der Waals surface area (Å²) >= 11 is 0. The molecule has 5 nitrogen and oxygen atoms in total. The number of nitrogens with two attached hydrogens (primary N) is 1. The van der Waals surface area contributed by atoms with Gasteiger partial charge in [-0.1, -0.05) is 6.42 Å². The third-order valence-electron chi connectivity index (χ3n) is 3.59. The van der Waals surface area contributed by atoms with Crippen LogP contribution in [0.5, 0.6) is 5.75 Å². The van der Waals surface area contributed by atoms with E-state index in [1.165, 1.54) is 38.4 Å². The van der Waals surface area contributed by atoms with Crippen LogP contribution in [-0.4, -0.2) is 42.2 Å². The van der Waals surface area contributed by atoms with Crippen molar-refractivity contribution in [1.29, 1.82) is 0 Å². The Labute approximate surface area is 143 Å². The van der Waals surface area contributed by atoms with Gasteiger partial charge in [-0.15, -0.1) is 24.8 Å². The van der Waals surface area contributed by atoms with E-state index >= 15 is 0 Å². The standard InChI is InChI=1S/C15H22N2O3.2ClH/c16-14-6-5-12(11-13(14)15(18)19)20-10-4-9-17-7-2-1-3-8-17;;/h5-6,11H,1-4,7-10,16H2,(H,18,19);2*1H. The maximum Gasteiger partial charge on any atom is 0.337 e. The summed E-state index contributed by atoms with van der Waals surface area (Å²) in [6, 6.07) is 4.77. The molecule has 1 heterocycles. The van der Waals surface area contributed by atoms with Gasteiger partial charge in [-0.05, 0) is 50.6 Å². The Hall–Kier alpha value is -1.17. The van der Waals surface area contributed by atoms with E-state index in [4.69, 9.17) is 15.6 Å². The molecule has 0 bridgehead atoms. The van der Waals surface area contributed by atoms with Crippen LogP contribution in [0.2, 0.25) is 0 Å². The van der Waals surface area contributed by atoms with Gasteiger partial charge in [0, 0.05) is 12.2 Å². The molecule has 1 aromatic rings. The Morgan fingerprint density at radius 2 is 1.91 bits per heavy atom. The van der Waals surface area contributed by atoms with Crippen LogP contribution in [0.25, 0.3) is 0 Å². The molecule has 7 heteroatoms. The molecule has 22 heavy (non-hydrogen) atoms. The molecule has 1 fully saturated rings. The average molecular weight is 351 g/mol. The van der Waals surface area contributed by atoms with Crippen LogP contribution in [0.3, 0.4) is 0 Å². The lowest BCUT2D eigenvalue weighted by atomic mass is 10.1. The zero-order valence-electron chi connectivity index (χ0n) is 12.5. The van der Waals surface area contributed by atoms with Gasteiger partial charge in [0.25, 0.3) is 0 Å². The molecule has 0 radical (unpaired) electrons. The summed E-state index contributed by atoms with van der Waals surface area (Å²) in [5, 5.41) is 8.99. The molecule has 0 saturated carbocycles. The van der Waals surface area contributed by atoms with Crippen molar-refractivity contribution < 1.29 is 14.6 Å². The minimum atomic E-state index is -1.03. The number of nitrogen functional groups attached to an aromatic ring is 1. The second kappa shape index (κ2) is 10.5. The van der Waals surface area contributed by atoms with Crippen LogP contribution in [0.1, 0.15) is 36.0 Å². The van der Waals surface area contributed by atoms with Gasteiger partial charge < -0.3 is 20.5 Å². The molecule has 1 aliphatic rings. The monoisotopic (exact) mass is 350 g/mol. The maximum absolute atomic E-state index is 11.0. The molecule has 0 unspecified atom stereocenters. The summed E-state index contributed by atoms with van der Waals surface area (Å²) in [5.74, 6) is -0.462. The minimum Gasteiger partial charge on any atom is -0.494 e. The first kappa shape index (κ1) is 20.8. The van der Waals surface area contributed by atoms with E-state index < -0.39 is 5.97 Å². The minimum absolute atomic E-state index is 0. The number of piperidine rings is 1. The van der Waals surface area contributed by atoms with E-state index in [2.05, 4.69) is 4.90 Å². The molecule has 1 saturated heterocycles. The van der Waals surface area contributed by atoms with Gasteiger partial charge in [0.1, 0.15) is 5.75 Å². The number of hydrogen-bond acceptors (Lipinski definition) is 4. The van der Waals surface area contributed by atoms with Gasteiger partial charge >= 0.3 is 5.97 Å². The highest BCUT2D eigenvalue weighted by Gasteiger charge is 2.10. The molecule has 0 aliphatic carbocycles. The first-order valence-electron chi connectivity index (χ1n) is 7.15. The summed E-state index contributed by atoms with van der Waals surface area (Å²) < 4.78 is 5.60. The van der Waals surface area contributed by atoms with Crippen molar-refractivity contribution in [1.82, 2.24) is 4.90 Å². The predicted octanol–water partition coefficient (Wildman–Crippen LogP) is 3.07. The number of carbonyl (C=O) groups is 1. The zero-order valence-corrected chi connectivity index (χ0v) is 14.1. The summed E-state index contributed by atoms with van der Waals surface area (Å²) in [6.45, 7) is 4.01. The molecular formula is C15H24Cl2N2O3. The third-order valence-corrected chi connectivity index (χ3v) is 3.59. The molecule has 3 N–H and O–H groups in total. The molecule has 1 aliphatic heterocycles. The molecule has 0 spiro atoms. The van der Waals surface area contributed by atoms with E-state index in [1.54, 1.807) is 12.1 Å². The largest absolute Gasteiger partial charge is 0.494 e. The normalized spacial score (nSPS) is 14.5. The molecular weight excluding hydrogens is 327 g/mol. The smallest absolute Gasteiger partial charge is 0.337 e. The topological polar surface area (TPSA) is 75.8 Å². The van der Waals surface area contributed by atoms with Gasteiger partial charge in [-0.2, -0.15) is 0 Å². The first-order chi connectivity index (χ1) is 9.66. The van der Waals surface area contributed by atoms with Crippen molar-refractivity contribution >= 4 is 36.5 Å². The highest BCUT2D eigenvalue weighted by Crippen LogP contribution is 2.20. The molecule has 0 amide bonds. The van der Waals surface area contributed by atoms with E-state index in [0.717, 1.165) is 13.0 Å². The number of halogens is 2. The van der Waals surface area contributed by atoms with Crippen LogP contribution in [0.15, 0.2) is 18.2 Å². The van der Waals surface area contributed by atoms with E-state index in [1.807, 2.05) is 0 Å². The van der Waals surface area contributed by atoms with Gasteiger partial charge in [-0.25, -0.2) is 4.79 Å². The zero-order chi connectivity index (χ0) is 14.4. The fourth-order valence-electron chi connectivity index (χ4n) is 2.47. The SMILES string of the molecule is Cl.Cl.Nc1ccc(OCCCN2CCCCC2)cc1C(=O)O. The molecule has 1 aromatic carbocycles. The fraction of sp³-hybridized carbons (Fsp3) is 0.533. The summed E-state index contributed by atoms with van der Waals surface area (Å²) in [5.41, 5.74) is 5.96. The number of anilines is 1. The number of ether oxygens (including phenoxy) is 1. The van der Waals surface area contributed by atoms with Gasteiger partial charge in [0.2, 0.25) is 0 Å². The Kier molecular flexibility index (Phi) is 9.98. The number of aromatic carboxylic acids is 1. The Bertz CT molecular complexity index is 466. The second-order valence-corrected chi connectivity index (χ2v) is 5.16. The fourth-order valence-corrected chi connectivity index (χ4v) is 2.47. The quantitative estimate of drug-likeness (QED) is 0.609. The number of nitrogens with zero attached hydrogens (tertiary/aromatic N) is 1. The number of rotatable bonds is 6. The molecule has 0 aromatic heterocycles. The number of likely N-dealkylation sites (tertiary alicyclic amines) is 1. The highest BCUT2D eigenvalue weighted by molar-refractivity contribution is 5.94. The lowest BCUT2D eigenvalue weighted by Crippen LogP contribution is -2.31. The lowest BCUT2D eigenvalue weighted by Gasteiger charge is -2.26. The number of carboxylic acid groups (broad SMARTS) is 1. The molecule has 126 valence electrons. The highest BCUT2D eigenvalue weighted by atomic mass is 35.5. The van der Waals surface area contributed by atoms with Gasteiger partial charge in [0.15, 0.2) is 0 Å². The Morgan fingerprint density at radius 3 is 2.55 bits per heavy atom. The van der Waals surface area contributed by atoms with Crippen molar-refractivity contribution in [2.45, 2.75) is 25.7 Å². The second-order valence-electron chi connectivity index (χ2n) is 5.16. The van der Waals surface area contributed by atoms with Gasteiger partial charge in [0.05, 0.1) is 12.2 Å². The van der Waals surface area contributed by atoms with Crippen molar-refractivity contribution in [2.24, 2.45) is 0 Å². The number of benzene rings is 1. The lowest BCUT2D eigenvalue weighted by molar-refractivity contribution is 0.0697. The third kappa shape index (κ3) is 6.30. The average Bonchev–Trinajstić information content (AvgIpc) is 2.46. The Balaban J connectivity index is 0.00000220. The molecule has 2 rings (SSSR count). The van der Waals surface area contributed by atoms with E-state index in [-0.39, 0.29) is 36.1 Å². The number of carboxylic acids is 1. The van der Waals surface area contributed by atoms with E-state index in [9.17, 15) is 4.79 Å². The van der Waals surface area contributed by atoms with Crippen molar-refractivity contribution in [3.63, 3.8) is 0 Å². The van der Waals surface area contributed by atoms with Crippen LogP contribution >= 0.6 is 24.8 Å². The summed E-state index contributed by atoms with van der Waals surface area (Å²) in [7, 11) is 0. The maximum atomic E-state index is 11.0. The van der Waals surface area contributed by atoms with Crippen molar-refractivity contribution in [2.75, 3.05) is 32.0 Å². The predicted molar refractivity (Wildman–Crippen MR) is 92.7 cm³/mol. The molecule has 0 atom stereocenters. The van der Waals surface area contributed by atoms with Crippen LogP contribution in [0.4, 0.5) is 5.69 Å².